The highest BCUT2D eigenvalue weighted by atomic mass is 32.2. The van der Waals surface area contributed by atoms with E-state index in [0.29, 0.717) is 6.61 Å². The molecule has 92 valence electrons. The van der Waals surface area contributed by atoms with Gasteiger partial charge < -0.3 is 10.1 Å². The summed E-state index contributed by atoms with van der Waals surface area (Å²) >= 11 is 0. The van der Waals surface area contributed by atoms with E-state index in [1.807, 2.05) is 18.2 Å². The Labute approximate surface area is 104 Å². The Morgan fingerprint density at radius 3 is 3.12 bits per heavy atom. The van der Waals surface area contributed by atoms with E-state index in [9.17, 15) is 4.21 Å². The van der Waals surface area contributed by atoms with Crippen LogP contribution in [0.3, 0.4) is 0 Å². The van der Waals surface area contributed by atoms with Crippen LogP contribution < -0.4 is 10.1 Å². The van der Waals surface area contributed by atoms with Crippen molar-refractivity contribution >= 4 is 10.8 Å². The molecule has 4 unspecified atom stereocenters. The number of ether oxygens (including phenoxy) is 1. The van der Waals surface area contributed by atoms with E-state index in [1.165, 1.54) is 0 Å². The lowest BCUT2D eigenvalue weighted by Crippen LogP contribution is -2.41. The molecule has 2 aliphatic rings. The van der Waals surface area contributed by atoms with Gasteiger partial charge in [-0.3, -0.25) is 4.21 Å². The molecule has 0 bridgehead atoms. The Kier molecular flexibility index (Phi) is 2.92. The normalized spacial score (nSPS) is 36.3. The van der Waals surface area contributed by atoms with E-state index in [-0.39, 0.29) is 16.5 Å². The number of nitrogens with one attached hydrogen (secondary N) is 1. The molecule has 0 spiro atoms. The molecular formula is C13H17NO2S. The minimum absolute atomic E-state index is 0.0856. The van der Waals surface area contributed by atoms with Crippen LogP contribution in [0.1, 0.15) is 24.9 Å². The Hall–Kier alpha value is -0.870. The first-order valence-electron chi connectivity index (χ1n) is 6.12. The van der Waals surface area contributed by atoms with Gasteiger partial charge in [0, 0.05) is 21.6 Å². The molecule has 3 nitrogen and oxygen atoms in total. The van der Waals surface area contributed by atoms with E-state index in [1.54, 1.807) is 0 Å². The maximum Gasteiger partial charge on any atom is 0.124 e. The monoisotopic (exact) mass is 251 g/mol. The van der Waals surface area contributed by atoms with Crippen LogP contribution in [-0.4, -0.2) is 27.9 Å². The number of para-hydroxylation sites is 1. The van der Waals surface area contributed by atoms with Crippen LogP contribution in [0.25, 0.3) is 0 Å². The fourth-order valence-electron chi connectivity index (χ4n) is 2.64. The summed E-state index contributed by atoms with van der Waals surface area (Å²) in [5.41, 5.74) is 1.16. The maximum atomic E-state index is 12.4. The van der Waals surface area contributed by atoms with Gasteiger partial charge >= 0.3 is 0 Å². The Morgan fingerprint density at radius 2 is 2.24 bits per heavy atom. The molecule has 1 aromatic rings. The number of hydrogen-bond acceptors (Lipinski definition) is 3. The van der Waals surface area contributed by atoms with E-state index >= 15 is 0 Å². The maximum absolute atomic E-state index is 12.4. The first-order valence-corrected chi connectivity index (χ1v) is 7.39. The molecule has 2 heterocycles. The fourth-order valence-corrected chi connectivity index (χ4v) is 4.30. The summed E-state index contributed by atoms with van der Waals surface area (Å²) in [5.74, 6) is 0.938. The zero-order valence-electron chi connectivity index (χ0n) is 9.89. The van der Waals surface area contributed by atoms with Crippen LogP contribution in [-0.2, 0) is 10.8 Å². The number of fused-ring (bicyclic) bond motifs is 3. The number of rotatable bonds is 0. The predicted molar refractivity (Wildman–Crippen MR) is 68.7 cm³/mol. The van der Waals surface area contributed by atoms with Crippen molar-refractivity contribution in [1.82, 2.24) is 5.32 Å². The van der Waals surface area contributed by atoms with Crippen molar-refractivity contribution in [3.05, 3.63) is 29.8 Å². The van der Waals surface area contributed by atoms with Crippen molar-refractivity contribution in [2.24, 2.45) is 0 Å². The Balaban J connectivity index is 2.00. The van der Waals surface area contributed by atoms with Gasteiger partial charge in [-0.2, -0.15) is 0 Å². The lowest BCUT2D eigenvalue weighted by atomic mass is 10.00. The van der Waals surface area contributed by atoms with Gasteiger partial charge in [0.25, 0.3) is 0 Å². The fraction of sp³-hybridized carbons (Fsp3) is 0.538. The summed E-state index contributed by atoms with van der Waals surface area (Å²) in [6, 6.07) is 8.25. The van der Waals surface area contributed by atoms with Crippen molar-refractivity contribution in [2.45, 2.75) is 29.9 Å². The van der Waals surface area contributed by atoms with Crippen molar-refractivity contribution in [3.8, 4) is 5.75 Å². The van der Waals surface area contributed by atoms with Gasteiger partial charge in [0.2, 0.25) is 0 Å². The molecule has 4 heteroatoms. The molecule has 0 aromatic heterocycles. The minimum atomic E-state index is -0.814. The first-order chi connectivity index (χ1) is 8.27. The average molecular weight is 251 g/mol. The van der Waals surface area contributed by atoms with E-state index in [2.05, 4.69) is 18.3 Å². The molecule has 1 saturated heterocycles. The second kappa shape index (κ2) is 4.42. The Morgan fingerprint density at radius 1 is 1.41 bits per heavy atom. The highest BCUT2D eigenvalue weighted by Gasteiger charge is 2.38. The summed E-state index contributed by atoms with van der Waals surface area (Å²) in [5, 5.41) is 3.87. The third kappa shape index (κ3) is 1.89. The SMILES string of the molecule is CC1CCNC2c3ccccc3OCC2S1=O. The molecule has 1 N–H and O–H groups in total. The predicted octanol–water partition coefficient (Wildman–Crippen LogP) is 1.62. The smallest absolute Gasteiger partial charge is 0.124 e. The van der Waals surface area contributed by atoms with Gasteiger partial charge in [-0.05, 0) is 19.0 Å². The summed E-state index contributed by atoms with van der Waals surface area (Å²) in [6.45, 7) is 3.56. The van der Waals surface area contributed by atoms with E-state index in [4.69, 9.17) is 4.74 Å². The molecule has 2 aliphatic heterocycles. The number of hydrogen-bond donors (Lipinski definition) is 1. The van der Waals surface area contributed by atoms with Crippen LogP contribution in [0.4, 0.5) is 0 Å². The topological polar surface area (TPSA) is 38.3 Å². The molecule has 0 radical (unpaired) electrons. The molecule has 0 amide bonds. The van der Waals surface area contributed by atoms with Crippen LogP contribution >= 0.6 is 0 Å². The van der Waals surface area contributed by atoms with Gasteiger partial charge in [-0.25, -0.2) is 0 Å². The van der Waals surface area contributed by atoms with E-state index in [0.717, 1.165) is 24.3 Å². The lowest BCUT2D eigenvalue weighted by Gasteiger charge is -2.32. The first kappa shape index (κ1) is 11.2. The molecule has 1 aromatic carbocycles. The van der Waals surface area contributed by atoms with Crippen molar-refractivity contribution in [1.29, 1.82) is 0 Å². The van der Waals surface area contributed by atoms with Crippen molar-refractivity contribution in [3.63, 3.8) is 0 Å². The van der Waals surface area contributed by atoms with Crippen LogP contribution in [0, 0.1) is 0 Å². The molecule has 1 fully saturated rings. The molecule has 0 aliphatic carbocycles. The second-order valence-electron chi connectivity index (χ2n) is 4.75. The summed E-state index contributed by atoms with van der Waals surface area (Å²) in [7, 11) is -0.814. The lowest BCUT2D eigenvalue weighted by molar-refractivity contribution is 0.260. The molecular weight excluding hydrogens is 234 g/mol. The van der Waals surface area contributed by atoms with Crippen LogP contribution in [0.2, 0.25) is 0 Å². The third-order valence-electron chi connectivity index (χ3n) is 3.64. The van der Waals surface area contributed by atoms with Crippen LogP contribution in [0.15, 0.2) is 24.3 Å². The summed E-state index contributed by atoms with van der Waals surface area (Å²) < 4.78 is 18.1. The zero-order chi connectivity index (χ0) is 11.8. The summed E-state index contributed by atoms with van der Waals surface area (Å²) in [6.07, 6.45) is 0.974. The van der Waals surface area contributed by atoms with Gasteiger partial charge in [-0.1, -0.05) is 25.1 Å². The van der Waals surface area contributed by atoms with Crippen molar-refractivity contribution < 1.29 is 8.95 Å². The largest absolute Gasteiger partial charge is 0.492 e. The third-order valence-corrected chi connectivity index (χ3v) is 5.67. The highest BCUT2D eigenvalue weighted by molar-refractivity contribution is 7.86. The second-order valence-corrected chi connectivity index (χ2v) is 6.81. The number of benzene rings is 1. The van der Waals surface area contributed by atoms with Gasteiger partial charge in [0.15, 0.2) is 0 Å². The van der Waals surface area contributed by atoms with E-state index < -0.39 is 10.8 Å². The molecule has 3 rings (SSSR count). The van der Waals surface area contributed by atoms with Gasteiger partial charge in [0.1, 0.15) is 12.4 Å². The van der Waals surface area contributed by atoms with Gasteiger partial charge in [-0.15, -0.1) is 0 Å². The van der Waals surface area contributed by atoms with Crippen LogP contribution in [0.5, 0.6) is 5.75 Å². The van der Waals surface area contributed by atoms with Gasteiger partial charge in [0.05, 0.1) is 11.3 Å². The average Bonchev–Trinajstić information content (AvgIpc) is 2.51. The van der Waals surface area contributed by atoms with Crippen molar-refractivity contribution in [2.75, 3.05) is 13.2 Å². The molecule has 17 heavy (non-hydrogen) atoms. The zero-order valence-corrected chi connectivity index (χ0v) is 10.7. The molecule has 0 saturated carbocycles. The summed E-state index contributed by atoms with van der Waals surface area (Å²) in [4.78, 5) is 0. The standard InChI is InChI=1S/C13H17NO2S/c1-9-6-7-14-13-10-4-2-3-5-11(10)16-8-12(13)17(9)15/h2-5,9,12-14H,6-8H2,1H3. The molecule has 4 atom stereocenters. The quantitative estimate of drug-likeness (QED) is 0.761. The Bertz CT molecular complexity index is 449. The highest BCUT2D eigenvalue weighted by Crippen LogP contribution is 2.36. The minimum Gasteiger partial charge on any atom is -0.492 e.